The van der Waals surface area contributed by atoms with E-state index in [4.69, 9.17) is 18.9 Å². The molecule has 0 radical (unpaired) electrons. The highest BCUT2D eigenvalue weighted by atomic mass is 16.5. The summed E-state index contributed by atoms with van der Waals surface area (Å²) in [6.07, 6.45) is 19.7. The first-order valence-electron chi connectivity index (χ1n) is 14.6. The molecule has 4 heteroatoms. The highest BCUT2D eigenvalue weighted by Crippen LogP contribution is 2.22. The van der Waals surface area contributed by atoms with Crippen molar-refractivity contribution in [2.24, 2.45) is 5.41 Å². The van der Waals surface area contributed by atoms with E-state index in [-0.39, 0.29) is 5.41 Å². The SMILES string of the molecule is CCCCCCOCC(COCCCCCC)(COCCCCCC)COCCCCCC. The number of unbranched alkanes of at least 4 members (excludes halogenated alkanes) is 12. The molecule has 0 saturated heterocycles. The van der Waals surface area contributed by atoms with E-state index >= 15 is 0 Å². The second-order valence-electron chi connectivity index (χ2n) is 9.95. The van der Waals surface area contributed by atoms with E-state index in [2.05, 4.69) is 27.7 Å². The average Bonchev–Trinajstić information content (AvgIpc) is 2.83. The summed E-state index contributed by atoms with van der Waals surface area (Å²) in [5.41, 5.74) is -0.203. The third-order valence-electron chi connectivity index (χ3n) is 6.20. The summed E-state index contributed by atoms with van der Waals surface area (Å²) in [4.78, 5) is 0. The minimum absolute atomic E-state index is 0.203. The van der Waals surface area contributed by atoms with Crippen LogP contribution in [-0.4, -0.2) is 52.9 Å². The van der Waals surface area contributed by atoms with E-state index in [1.165, 1.54) is 77.0 Å². The van der Waals surface area contributed by atoms with Crippen molar-refractivity contribution < 1.29 is 18.9 Å². The topological polar surface area (TPSA) is 36.9 Å². The number of hydrogen-bond donors (Lipinski definition) is 0. The molecule has 0 amide bonds. The molecule has 0 spiro atoms. The second-order valence-corrected chi connectivity index (χ2v) is 9.95. The molecule has 0 atom stereocenters. The van der Waals surface area contributed by atoms with Crippen LogP contribution in [0.5, 0.6) is 0 Å². The van der Waals surface area contributed by atoms with Gasteiger partial charge in [-0.25, -0.2) is 0 Å². The summed E-state index contributed by atoms with van der Waals surface area (Å²) in [7, 11) is 0. The predicted octanol–water partition coefficient (Wildman–Crippen LogP) is 8.36. The fourth-order valence-corrected chi connectivity index (χ4v) is 3.93. The molecule has 0 N–H and O–H groups in total. The van der Waals surface area contributed by atoms with Crippen LogP contribution in [0.4, 0.5) is 0 Å². The number of ether oxygens (including phenoxy) is 4. The minimum atomic E-state index is -0.203. The first-order chi connectivity index (χ1) is 16.2. The van der Waals surface area contributed by atoms with Gasteiger partial charge in [0.2, 0.25) is 0 Å². The first kappa shape index (κ1) is 32.8. The molecule has 0 aromatic carbocycles. The molecular formula is C29H60O4. The maximum atomic E-state index is 6.19. The van der Waals surface area contributed by atoms with Gasteiger partial charge in [-0.1, -0.05) is 105 Å². The molecule has 0 unspecified atom stereocenters. The van der Waals surface area contributed by atoms with Gasteiger partial charge in [-0.3, -0.25) is 0 Å². The van der Waals surface area contributed by atoms with Crippen molar-refractivity contribution in [3.63, 3.8) is 0 Å². The van der Waals surface area contributed by atoms with Crippen LogP contribution < -0.4 is 0 Å². The molecule has 0 rings (SSSR count). The van der Waals surface area contributed by atoms with Crippen molar-refractivity contribution in [1.82, 2.24) is 0 Å². The van der Waals surface area contributed by atoms with Crippen LogP contribution in [0.3, 0.4) is 0 Å². The zero-order chi connectivity index (χ0) is 24.3. The van der Waals surface area contributed by atoms with Gasteiger partial charge in [0.25, 0.3) is 0 Å². The summed E-state index contributed by atoms with van der Waals surface area (Å²) in [5, 5.41) is 0. The van der Waals surface area contributed by atoms with E-state index in [0.717, 1.165) is 52.1 Å². The molecule has 0 fully saturated rings. The average molecular weight is 473 g/mol. The third kappa shape index (κ3) is 22.1. The van der Waals surface area contributed by atoms with Crippen LogP contribution in [0.15, 0.2) is 0 Å². The van der Waals surface area contributed by atoms with Gasteiger partial charge in [0.15, 0.2) is 0 Å². The summed E-state index contributed by atoms with van der Waals surface area (Å²) in [5.74, 6) is 0. The fraction of sp³-hybridized carbons (Fsp3) is 1.00. The van der Waals surface area contributed by atoms with Gasteiger partial charge in [0.05, 0.1) is 31.8 Å². The lowest BCUT2D eigenvalue weighted by Crippen LogP contribution is -2.42. The Morgan fingerprint density at radius 1 is 0.333 bits per heavy atom. The molecule has 0 aliphatic carbocycles. The molecule has 200 valence electrons. The molecule has 0 aromatic rings. The smallest absolute Gasteiger partial charge is 0.0637 e. The van der Waals surface area contributed by atoms with Crippen molar-refractivity contribution in [2.75, 3.05) is 52.9 Å². The van der Waals surface area contributed by atoms with E-state index in [1.54, 1.807) is 0 Å². The Bertz CT molecular complexity index is 292. The van der Waals surface area contributed by atoms with Crippen LogP contribution in [0.25, 0.3) is 0 Å². The zero-order valence-electron chi connectivity index (χ0n) is 23.1. The van der Waals surface area contributed by atoms with Crippen LogP contribution in [0, 0.1) is 5.41 Å². The molecule has 0 aliphatic heterocycles. The minimum Gasteiger partial charge on any atom is -0.381 e. The Morgan fingerprint density at radius 2 is 0.576 bits per heavy atom. The van der Waals surface area contributed by atoms with Crippen LogP contribution in [0.2, 0.25) is 0 Å². The van der Waals surface area contributed by atoms with Crippen molar-refractivity contribution >= 4 is 0 Å². The molecule has 0 aromatic heterocycles. The summed E-state index contributed by atoms with van der Waals surface area (Å²) >= 11 is 0. The maximum Gasteiger partial charge on any atom is 0.0637 e. The summed E-state index contributed by atoms with van der Waals surface area (Å²) in [6.45, 7) is 15.0. The second kappa shape index (κ2) is 26.4. The largest absolute Gasteiger partial charge is 0.381 e. The van der Waals surface area contributed by atoms with E-state index in [1.807, 2.05) is 0 Å². The standard InChI is InChI=1S/C29H60O4/c1-5-9-13-17-21-30-25-29(26-31-22-18-14-10-6-2,27-32-23-19-15-11-7-3)28-33-24-20-16-12-8-4/h5-28H2,1-4H3. The summed E-state index contributed by atoms with van der Waals surface area (Å²) in [6, 6.07) is 0. The van der Waals surface area contributed by atoms with Crippen LogP contribution >= 0.6 is 0 Å². The first-order valence-corrected chi connectivity index (χ1v) is 14.6. The van der Waals surface area contributed by atoms with Crippen LogP contribution in [-0.2, 0) is 18.9 Å². The van der Waals surface area contributed by atoms with E-state index < -0.39 is 0 Å². The molecule has 4 nitrogen and oxygen atoms in total. The third-order valence-corrected chi connectivity index (χ3v) is 6.20. The van der Waals surface area contributed by atoms with Crippen molar-refractivity contribution in [3.8, 4) is 0 Å². The lowest BCUT2D eigenvalue weighted by atomic mass is 9.92. The number of hydrogen-bond acceptors (Lipinski definition) is 4. The zero-order valence-corrected chi connectivity index (χ0v) is 23.1. The van der Waals surface area contributed by atoms with Gasteiger partial charge in [-0.2, -0.15) is 0 Å². The van der Waals surface area contributed by atoms with Gasteiger partial charge >= 0.3 is 0 Å². The Kier molecular flexibility index (Phi) is 26.3. The van der Waals surface area contributed by atoms with Gasteiger partial charge < -0.3 is 18.9 Å². The maximum absolute atomic E-state index is 6.19. The van der Waals surface area contributed by atoms with Crippen molar-refractivity contribution in [3.05, 3.63) is 0 Å². The van der Waals surface area contributed by atoms with Gasteiger partial charge in [-0.05, 0) is 25.7 Å². The van der Waals surface area contributed by atoms with Gasteiger partial charge in [-0.15, -0.1) is 0 Å². The Hall–Kier alpha value is -0.160. The fourth-order valence-electron chi connectivity index (χ4n) is 3.93. The van der Waals surface area contributed by atoms with Crippen LogP contribution in [0.1, 0.15) is 130 Å². The molecule has 0 bridgehead atoms. The molecular weight excluding hydrogens is 412 g/mol. The predicted molar refractivity (Wildman–Crippen MR) is 142 cm³/mol. The lowest BCUT2D eigenvalue weighted by molar-refractivity contribution is -0.108. The molecule has 33 heavy (non-hydrogen) atoms. The van der Waals surface area contributed by atoms with Gasteiger partial charge in [0.1, 0.15) is 0 Å². The lowest BCUT2D eigenvalue weighted by Gasteiger charge is -2.33. The normalized spacial score (nSPS) is 12.0. The van der Waals surface area contributed by atoms with Gasteiger partial charge in [0, 0.05) is 26.4 Å². The molecule has 0 aliphatic rings. The van der Waals surface area contributed by atoms with E-state index in [0.29, 0.717) is 26.4 Å². The number of rotatable bonds is 28. The monoisotopic (exact) mass is 472 g/mol. The highest BCUT2D eigenvalue weighted by Gasteiger charge is 2.32. The van der Waals surface area contributed by atoms with E-state index in [9.17, 15) is 0 Å². The Balaban J connectivity index is 4.74. The van der Waals surface area contributed by atoms with Crippen molar-refractivity contribution in [2.45, 2.75) is 130 Å². The quantitative estimate of drug-likeness (QED) is 0.107. The molecule has 0 heterocycles. The Morgan fingerprint density at radius 3 is 0.788 bits per heavy atom. The Labute approximate surface area is 207 Å². The highest BCUT2D eigenvalue weighted by molar-refractivity contribution is 4.79. The van der Waals surface area contributed by atoms with Crippen molar-refractivity contribution in [1.29, 1.82) is 0 Å². The summed E-state index contributed by atoms with van der Waals surface area (Å²) < 4.78 is 24.8. The molecule has 0 saturated carbocycles.